The van der Waals surface area contributed by atoms with Gasteiger partial charge in [0.15, 0.2) is 0 Å². The van der Waals surface area contributed by atoms with Crippen LogP contribution in [-0.2, 0) is 16.0 Å². The van der Waals surface area contributed by atoms with Gasteiger partial charge in [0, 0.05) is 18.8 Å². The number of urea groups is 1. The Kier molecular flexibility index (Phi) is 4.80. The molecule has 2 N–H and O–H groups in total. The number of hydrogen-bond acceptors (Lipinski definition) is 3. The van der Waals surface area contributed by atoms with E-state index in [1.165, 1.54) is 0 Å². The molecule has 21 heavy (non-hydrogen) atoms. The van der Waals surface area contributed by atoms with Crippen molar-refractivity contribution >= 4 is 17.7 Å². The van der Waals surface area contributed by atoms with E-state index in [4.69, 9.17) is 9.84 Å². The average molecular weight is 292 g/mol. The van der Waals surface area contributed by atoms with Crippen LogP contribution < -0.4 is 5.32 Å². The number of carboxylic acid groups (broad SMARTS) is 1. The molecule has 1 aromatic rings. The minimum atomic E-state index is -0.894. The highest BCUT2D eigenvalue weighted by Gasteiger charge is 2.25. The van der Waals surface area contributed by atoms with Gasteiger partial charge < -0.3 is 20.1 Å². The number of aliphatic carboxylic acids is 1. The third kappa shape index (κ3) is 4.46. The Morgan fingerprint density at radius 2 is 2.00 bits per heavy atom. The topological polar surface area (TPSA) is 78.9 Å². The minimum absolute atomic E-state index is 0.0119. The number of nitrogens with zero attached hydrogens (tertiary/aromatic N) is 1. The number of hydrogen-bond donors (Lipinski definition) is 2. The summed E-state index contributed by atoms with van der Waals surface area (Å²) in [6.07, 6.45) is -0.0364. The predicted molar refractivity (Wildman–Crippen MR) is 78.4 cm³/mol. The number of anilines is 1. The summed E-state index contributed by atoms with van der Waals surface area (Å²) in [6, 6.07) is 6.70. The van der Waals surface area contributed by atoms with Gasteiger partial charge in [-0.05, 0) is 31.5 Å². The van der Waals surface area contributed by atoms with Crippen LogP contribution in [0.4, 0.5) is 10.5 Å². The van der Waals surface area contributed by atoms with Crippen molar-refractivity contribution < 1.29 is 19.4 Å². The first kappa shape index (κ1) is 15.3. The Balaban J connectivity index is 2.00. The van der Waals surface area contributed by atoms with Crippen molar-refractivity contribution in [2.75, 3.05) is 18.4 Å². The molecule has 2 atom stereocenters. The van der Waals surface area contributed by atoms with E-state index in [0.29, 0.717) is 24.3 Å². The highest BCUT2D eigenvalue weighted by atomic mass is 16.5. The standard InChI is InChI=1S/C15H20N2O4/c1-10-8-17(9-11(2)21-10)15(20)16-13-5-3-4-12(6-13)7-14(18)19/h3-6,10-11H,7-9H2,1-2H3,(H,16,20)(H,18,19). The summed E-state index contributed by atoms with van der Waals surface area (Å²) in [5, 5.41) is 11.6. The molecule has 1 aromatic carbocycles. The molecule has 2 rings (SSSR count). The smallest absolute Gasteiger partial charge is 0.322 e. The van der Waals surface area contributed by atoms with Crippen LogP contribution in [0.5, 0.6) is 0 Å². The maximum Gasteiger partial charge on any atom is 0.322 e. The number of morpholine rings is 1. The van der Waals surface area contributed by atoms with Gasteiger partial charge in [-0.1, -0.05) is 12.1 Å². The van der Waals surface area contributed by atoms with E-state index in [1.54, 1.807) is 29.2 Å². The molecule has 6 heteroatoms. The zero-order chi connectivity index (χ0) is 15.4. The molecule has 1 fully saturated rings. The van der Waals surface area contributed by atoms with Crippen LogP contribution in [0, 0.1) is 0 Å². The largest absolute Gasteiger partial charge is 0.481 e. The maximum absolute atomic E-state index is 12.2. The summed E-state index contributed by atoms with van der Waals surface area (Å²) in [6.45, 7) is 4.96. The molecule has 2 unspecified atom stereocenters. The summed E-state index contributed by atoms with van der Waals surface area (Å²) < 4.78 is 5.59. The first-order valence-corrected chi connectivity index (χ1v) is 6.96. The van der Waals surface area contributed by atoms with Gasteiger partial charge in [0.2, 0.25) is 0 Å². The Morgan fingerprint density at radius 3 is 2.62 bits per heavy atom. The first-order valence-electron chi connectivity index (χ1n) is 6.96. The lowest BCUT2D eigenvalue weighted by Gasteiger charge is -2.35. The second kappa shape index (κ2) is 6.58. The summed E-state index contributed by atoms with van der Waals surface area (Å²) >= 11 is 0. The monoisotopic (exact) mass is 292 g/mol. The van der Waals surface area contributed by atoms with E-state index in [1.807, 2.05) is 13.8 Å². The normalized spacial score (nSPS) is 21.9. The van der Waals surface area contributed by atoms with Crippen molar-refractivity contribution in [3.05, 3.63) is 29.8 Å². The van der Waals surface area contributed by atoms with Gasteiger partial charge in [0.25, 0.3) is 0 Å². The van der Waals surface area contributed by atoms with Crippen LogP contribution in [-0.4, -0.2) is 47.3 Å². The molecule has 0 spiro atoms. The molecule has 6 nitrogen and oxygen atoms in total. The molecule has 1 aliphatic heterocycles. The third-order valence-corrected chi connectivity index (χ3v) is 3.24. The first-order chi connectivity index (χ1) is 9.94. The average Bonchev–Trinajstić information content (AvgIpc) is 2.37. The number of carboxylic acids is 1. The van der Waals surface area contributed by atoms with Crippen LogP contribution in [0.25, 0.3) is 0 Å². The molecular weight excluding hydrogens is 272 g/mol. The van der Waals surface area contributed by atoms with Gasteiger partial charge in [-0.25, -0.2) is 4.79 Å². The summed E-state index contributed by atoms with van der Waals surface area (Å²) in [5.74, 6) is -0.894. The third-order valence-electron chi connectivity index (χ3n) is 3.24. The van der Waals surface area contributed by atoms with Crippen LogP contribution in [0.1, 0.15) is 19.4 Å². The highest BCUT2D eigenvalue weighted by Crippen LogP contribution is 2.15. The van der Waals surface area contributed by atoms with E-state index in [0.717, 1.165) is 0 Å². The quantitative estimate of drug-likeness (QED) is 0.892. The molecule has 114 valence electrons. The molecule has 0 bridgehead atoms. The Bertz CT molecular complexity index is 522. The highest BCUT2D eigenvalue weighted by molar-refractivity contribution is 5.89. The fourth-order valence-corrected chi connectivity index (χ4v) is 2.48. The predicted octanol–water partition coefficient (Wildman–Crippen LogP) is 1.95. The lowest BCUT2D eigenvalue weighted by molar-refractivity contribution is -0.136. The van der Waals surface area contributed by atoms with E-state index in [-0.39, 0.29) is 24.7 Å². The Hall–Kier alpha value is -2.08. The van der Waals surface area contributed by atoms with E-state index >= 15 is 0 Å². The van der Waals surface area contributed by atoms with E-state index < -0.39 is 5.97 Å². The number of benzene rings is 1. The summed E-state index contributed by atoms with van der Waals surface area (Å²) in [4.78, 5) is 24.7. The van der Waals surface area contributed by atoms with Crippen molar-refractivity contribution in [3.63, 3.8) is 0 Å². The Labute approximate surface area is 123 Å². The lowest BCUT2D eigenvalue weighted by atomic mass is 10.1. The van der Waals surface area contributed by atoms with Crippen molar-refractivity contribution in [2.45, 2.75) is 32.5 Å². The van der Waals surface area contributed by atoms with Gasteiger partial charge in [-0.15, -0.1) is 0 Å². The molecule has 2 amide bonds. The number of carbonyl (C=O) groups is 2. The van der Waals surface area contributed by atoms with Gasteiger partial charge >= 0.3 is 12.0 Å². The Morgan fingerprint density at radius 1 is 1.33 bits per heavy atom. The van der Waals surface area contributed by atoms with Gasteiger partial charge in [-0.2, -0.15) is 0 Å². The van der Waals surface area contributed by atoms with Gasteiger partial charge in [-0.3, -0.25) is 4.79 Å². The number of nitrogens with one attached hydrogen (secondary N) is 1. The zero-order valence-corrected chi connectivity index (χ0v) is 12.2. The molecule has 0 aliphatic carbocycles. The van der Waals surface area contributed by atoms with Crippen LogP contribution in [0.3, 0.4) is 0 Å². The number of amides is 2. The second-order valence-corrected chi connectivity index (χ2v) is 5.36. The second-order valence-electron chi connectivity index (χ2n) is 5.36. The van der Waals surface area contributed by atoms with Crippen LogP contribution >= 0.6 is 0 Å². The number of rotatable bonds is 3. The molecule has 0 saturated carbocycles. The fourth-order valence-electron chi connectivity index (χ4n) is 2.48. The molecule has 1 saturated heterocycles. The molecule has 0 aromatic heterocycles. The zero-order valence-electron chi connectivity index (χ0n) is 12.2. The molecule has 0 radical (unpaired) electrons. The maximum atomic E-state index is 12.2. The SMILES string of the molecule is CC1CN(C(=O)Nc2cccc(CC(=O)O)c2)CC(C)O1. The van der Waals surface area contributed by atoms with Crippen molar-refractivity contribution in [2.24, 2.45) is 0 Å². The summed E-state index contributed by atoms with van der Waals surface area (Å²) in [5.41, 5.74) is 1.26. The number of ether oxygens (including phenoxy) is 1. The minimum Gasteiger partial charge on any atom is -0.481 e. The summed E-state index contributed by atoms with van der Waals surface area (Å²) in [7, 11) is 0. The van der Waals surface area contributed by atoms with Gasteiger partial charge in [0.05, 0.1) is 18.6 Å². The van der Waals surface area contributed by atoms with Crippen molar-refractivity contribution in [1.29, 1.82) is 0 Å². The molecule has 1 heterocycles. The molecule has 1 aliphatic rings. The van der Waals surface area contributed by atoms with E-state index in [9.17, 15) is 9.59 Å². The number of carbonyl (C=O) groups excluding carboxylic acids is 1. The van der Waals surface area contributed by atoms with Crippen molar-refractivity contribution in [1.82, 2.24) is 4.90 Å². The van der Waals surface area contributed by atoms with Crippen LogP contribution in [0.2, 0.25) is 0 Å². The lowest BCUT2D eigenvalue weighted by Crippen LogP contribution is -2.49. The van der Waals surface area contributed by atoms with E-state index in [2.05, 4.69) is 5.32 Å². The fraction of sp³-hybridized carbons (Fsp3) is 0.467. The molecular formula is C15H20N2O4. The van der Waals surface area contributed by atoms with Gasteiger partial charge in [0.1, 0.15) is 0 Å². The van der Waals surface area contributed by atoms with Crippen LogP contribution in [0.15, 0.2) is 24.3 Å². The van der Waals surface area contributed by atoms with Crippen molar-refractivity contribution in [3.8, 4) is 0 Å².